The topological polar surface area (TPSA) is 106 Å². The predicted octanol–water partition coefficient (Wildman–Crippen LogP) is 5.06. The Balaban J connectivity index is 1.33. The summed E-state index contributed by atoms with van der Waals surface area (Å²) in [6.45, 7) is 3.68. The van der Waals surface area contributed by atoms with Crippen LogP contribution in [0, 0.1) is 5.92 Å². The van der Waals surface area contributed by atoms with Crippen LogP contribution in [-0.4, -0.2) is 42.0 Å². The van der Waals surface area contributed by atoms with Crippen molar-refractivity contribution >= 4 is 23.0 Å². The zero-order chi connectivity index (χ0) is 28.2. The van der Waals surface area contributed by atoms with E-state index in [4.69, 9.17) is 10.7 Å². The molecule has 1 aromatic carbocycles. The van der Waals surface area contributed by atoms with E-state index < -0.39 is 11.7 Å². The van der Waals surface area contributed by atoms with Crippen molar-refractivity contribution in [1.82, 2.24) is 24.3 Å². The Hall–Kier alpha value is -4.54. The fraction of sp³-hybridized carbons (Fsp3) is 0.276. The number of nitrogens with zero attached hydrogens (tertiary/aromatic N) is 5. The molecule has 1 amide bonds. The second kappa shape index (κ2) is 9.58. The highest BCUT2D eigenvalue weighted by molar-refractivity contribution is 5.98. The summed E-state index contributed by atoms with van der Waals surface area (Å²) in [4.78, 5) is 40.7. The van der Waals surface area contributed by atoms with Crippen molar-refractivity contribution in [2.45, 2.75) is 43.9 Å². The summed E-state index contributed by atoms with van der Waals surface area (Å²) in [6, 6.07) is 8.33. The number of hydrogen-bond donors (Lipinski definition) is 1. The first-order chi connectivity index (χ1) is 19.2. The van der Waals surface area contributed by atoms with Crippen LogP contribution in [0.2, 0.25) is 0 Å². The number of nitrogens with two attached hydrogens (primary N) is 1. The third-order valence-electron chi connectivity index (χ3n) is 7.85. The first-order valence-electron chi connectivity index (χ1n) is 12.9. The van der Waals surface area contributed by atoms with E-state index in [1.54, 1.807) is 36.7 Å². The summed E-state index contributed by atoms with van der Waals surface area (Å²) in [6.07, 6.45) is 3.83. The van der Waals surface area contributed by atoms with Crippen LogP contribution in [0.1, 0.15) is 52.7 Å². The number of hydrogen-bond acceptors (Lipinski definition) is 6. The molecule has 2 aliphatic rings. The first kappa shape index (κ1) is 25.7. The number of piperidine rings is 1. The molecule has 2 N–H and O–H groups in total. The maximum absolute atomic E-state index is 13.0. The van der Waals surface area contributed by atoms with Crippen LogP contribution in [-0.2, 0) is 17.4 Å². The number of likely N-dealkylation sites (tertiary alicyclic amines) is 1. The summed E-state index contributed by atoms with van der Waals surface area (Å²) in [5.41, 5.74) is 7.66. The summed E-state index contributed by atoms with van der Waals surface area (Å²) < 4.78 is 41.0. The molecule has 1 aliphatic heterocycles. The Morgan fingerprint density at radius 2 is 1.88 bits per heavy atom. The van der Waals surface area contributed by atoms with E-state index in [1.165, 1.54) is 6.08 Å². The van der Waals surface area contributed by atoms with Gasteiger partial charge < -0.3 is 10.6 Å². The van der Waals surface area contributed by atoms with Gasteiger partial charge in [-0.05, 0) is 43.4 Å². The number of Topliss-reactive ketones (excluding diaryl/α,β-unsaturated/α-hetero) is 1. The Kier molecular flexibility index (Phi) is 6.16. The highest BCUT2D eigenvalue weighted by Crippen LogP contribution is 2.50. The Morgan fingerprint density at radius 1 is 1.10 bits per heavy atom. The van der Waals surface area contributed by atoms with Crippen LogP contribution in [0.15, 0.2) is 67.6 Å². The number of benzene rings is 1. The molecule has 1 saturated heterocycles. The van der Waals surface area contributed by atoms with Crippen LogP contribution < -0.4 is 5.73 Å². The lowest BCUT2D eigenvalue weighted by atomic mass is 9.97. The molecule has 11 heteroatoms. The number of carbonyl (C=O) groups excluding carboxylic acids is 2. The van der Waals surface area contributed by atoms with Gasteiger partial charge in [-0.1, -0.05) is 30.8 Å². The van der Waals surface area contributed by atoms with E-state index in [2.05, 4.69) is 16.5 Å². The lowest BCUT2D eigenvalue weighted by Crippen LogP contribution is -2.39. The minimum Gasteiger partial charge on any atom is -0.382 e. The molecule has 2 fully saturated rings. The molecular weight excluding hydrogens is 521 g/mol. The van der Waals surface area contributed by atoms with E-state index in [1.807, 2.05) is 9.30 Å². The third-order valence-corrected chi connectivity index (χ3v) is 7.85. The zero-order valence-corrected chi connectivity index (χ0v) is 21.3. The SMILES string of the molecule is C=CC(=O)N1C2CC[C@@H](C2)C1c1nc(-c2ccc(C(=O)Cc3cc(C(F)(F)F)ccn3)cc2)c2c(N)nccn12. The van der Waals surface area contributed by atoms with Gasteiger partial charge in [0.2, 0.25) is 5.91 Å². The number of alkyl halides is 3. The van der Waals surface area contributed by atoms with Gasteiger partial charge >= 0.3 is 6.18 Å². The number of aromatic nitrogens is 4. The van der Waals surface area contributed by atoms with Crippen molar-refractivity contribution in [2.24, 2.45) is 5.92 Å². The highest BCUT2D eigenvalue weighted by Gasteiger charge is 2.50. The Labute approximate surface area is 227 Å². The predicted molar refractivity (Wildman–Crippen MR) is 141 cm³/mol. The standard InChI is InChI=1S/C29H25F3N6O2/c1-2-23(40)38-21-8-7-18(13-21)25(38)28-36-24(26-27(33)35-11-12-37(26)28)17-5-3-16(4-6-17)22(39)15-20-14-19(9-10-34-20)29(30,31)32/h2-6,9-12,14,18,21,25H,1,7-8,13,15H2,(H2,33,35)/t18-,21?,25?/m0/s1. The third kappa shape index (κ3) is 4.31. The number of pyridine rings is 1. The zero-order valence-electron chi connectivity index (χ0n) is 21.3. The average molecular weight is 547 g/mol. The monoisotopic (exact) mass is 546 g/mol. The fourth-order valence-electron chi connectivity index (χ4n) is 6.07. The molecule has 4 aromatic rings. The molecule has 4 heterocycles. The van der Waals surface area contributed by atoms with E-state index in [-0.39, 0.29) is 47.6 Å². The van der Waals surface area contributed by atoms with Crippen LogP contribution in [0.25, 0.3) is 16.8 Å². The number of nitrogen functional groups attached to an aromatic ring is 1. The van der Waals surface area contributed by atoms with Crippen molar-refractivity contribution < 1.29 is 22.8 Å². The highest BCUT2D eigenvalue weighted by atomic mass is 19.4. The maximum atomic E-state index is 13.0. The number of anilines is 1. The van der Waals surface area contributed by atoms with Gasteiger partial charge in [-0.2, -0.15) is 13.2 Å². The molecule has 3 aromatic heterocycles. The lowest BCUT2D eigenvalue weighted by Gasteiger charge is -2.33. The first-order valence-corrected chi connectivity index (χ1v) is 12.9. The number of fused-ring (bicyclic) bond motifs is 3. The molecule has 2 bridgehead atoms. The molecule has 0 radical (unpaired) electrons. The molecule has 2 unspecified atom stereocenters. The molecule has 8 nitrogen and oxygen atoms in total. The molecule has 6 rings (SSSR count). The number of rotatable bonds is 6. The molecular formula is C29H25F3N6O2. The van der Waals surface area contributed by atoms with Gasteiger partial charge in [0.25, 0.3) is 0 Å². The van der Waals surface area contributed by atoms with Gasteiger partial charge in [0.15, 0.2) is 5.78 Å². The van der Waals surface area contributed by atoms with Gasteiger partial charge in [0.1, 0.15) is 22.9 Å². The number of ketones is 1. The Bertz CT molecular complexity index is 1650. The van der Waals surface area contributed by atoms with Gasteiger partial charge in [0.05, 0.1) is 18.0 Å². The van der Waals surface area contributed by atoms with E-state index in [9.17, 15) is 22.8 Å². The Morgan fingerprint density at radius 3 is 2.60 bits per heavy atom. The van der Waals surface area contributed by atoms with Crippen molar-refractivity contribution in [3.8, 4) is 11.3 Å². The number of carbonyl (C=O) groups is 2. The fourth-order valence-corrected chi connectivity index (χ4v) is 6.07. The quantitative estimate of drug-likeness (QED) is 0.268. The second-order valence-corrected chi connectivity index (χ2v) is 10.2. The second-order valence-electron chi connectivity index (χ2n) is 10.2. The molecule has 0 spiro atoms. The minimum absolute atomic E-state index is 0.0389. The van der Waals surface area contributed by atoms with Crippen molar-refractivity contribution in [2.75, 3.05) is 5.73 Å². The summed E-state index contributed by atoms with van der Waals surface area (Å²) in [5, 5.41) is 0. The van der Waals surface area contributed by atoms with Crippen molar-refractivity contribution in [3.63, 3.8) is 0 Å². The van der Waals surface area contributed by atoms with E-state index in [0.29, 0.717) is 28.2 Å². The van der Waals surface area contributed by atoms with Crippen LogP contribution >= 0.6 is 0 Å². The van der Waals surface area contributed by atoms with E-state index in [0.717, 1.165) is 37.6 Å². The van der Waals surface area contributed by atoms with Crippen LogP contribution in [0.3, 0.4) is 0 Å². The minimum atomic E-state index is -4.51. The molecule has 3 atom stereocenters. The van der Waals surface area contributed by atoms with Crippen molar-refractivity contribution in [3.05, 3.63) is 90.3 Å². The number of amides is 1. The lowest BCUT2D eigenvalue weighted by molar-refractivity contribution is -0.137. The molecule has 1 saturated carbocycles. The maximum Gasteiger partial charge on any atom is 0.416 e. The summed E-state index contributed by atoms with van der Waals surface area (Å²) in [7, 11) is 0. The number of halogens is 3. The van der Waals surface area contributed by atoms with Gasteiger partial charge in [-0.25, -0.2) is 9.97 Å². The van der Waals surface area contributed by atoms with Gasteiger partial charge in [-0.3, -0.25) is 19.0 Å². The molecule has 40 heavy (non-hydrogen) atoms. The molecule has 1 aliphatic carbocycles. The van der Waals surface area contributed by atoms with E-state index >= 15 is 0 Å². The molecule has 204 valence electrons. The van der Waals surface area contributed by atoms with Crippen molar-refractivity contribution in [1.29, 1.82) is 0 Å². The normalized spacial score (nSPS) is 20.3. The average Bonchev–Trinajstić information content (AvgIpc) is 3.66. The summed E-state index contributed by atoms with van der Waals surface area (Å²) in [5.74, 6) is 0.742. The van der Waals surface area contributed by atoms with Gasteiger partial charge in [-0.15, -0.1) is 0 Å². The number of imidazole rings is 1. The van der Waals surface area contributed by atoms with Crippen LogP contribution in [0.5, 0.6) is 0 Å². The smallest absolute Gasteiger partial charge is 0.382 e. The van der Waals surface area contributed by atoms with Gasteiger partial charge in [0, 0.05) is 41.5 Å². The van der Waals surface area contributed by atoms with Crippen LogP contribution in [0.4, 0.5) is 19.0 Å². The largest absolute Gasteiger partial charge is 0.416 e. The summed E-state index contributed by atoms with van der Waals surface area (Å²) >= 11 is 0.